The van der Waals surface area contributed by atoms with Gasteiger partial charge in [0.25, 0.3) is 0 Å². The molecule has 0 amide bonds. The number of anilines is 2. The lowest BCUT2D eigenvalue weighted by Gasteiger charge is -2.29. The minimum Gasteiger partial charge on any atom is -0.310 e. The van der Waals surface area contributed by atoms with Gasteiger partial charge in [-0.3, -0.25) is 0 Å². The molecule has 0 fully saturated rings. The molecular formula is C36H31N. The average molecular weight is 478 g/mol. The minimum absolute atomic E-state index is 1.12. The van der Waals surface area contributed by atoms with E-state index in [0.717, 1.165) is 28.2 Å². The topological polar surface area (TPSA) is 3.24 Å². The van der Waals surface area contributed by atoms with E-state index in [2.05, 4.69) is 164 Å². The van der Waals surface area contributed by atoms with Crippen molar-refractivity contribution in [1.82, 2.24) is 0 Å². The van der Waals surface area contributed by atoms with Crippen LogP contribution in [0.3, 0.4) is 0 Å². The van der Waals surface area contributed by atoms with Crippen LogP contribution in [0, 0.1) is 13.8 Å². The summed E-state index contributed by atoms with van der Waals surface area (Å²) in [6.07, 6.45) is 6.68. The number of benzene rings is 5. The lowest BCUT2D eigenvalue weighted by Crippen LogP contribution is -2.16. The molecule has 180 valence electrons. The van der Waals surface area contributed by atoms with Crippen molar-refractivity contribution in [3.8, 4) is 0 Å². The molecule has 0 saturated heterocycles. The van der Waals surface area contributed by atoms with Gasteiger partial charge in [0.05, 0.1) is 5.70 Å². The van der Waals surface area contributed by atoms with E-state index in [1.807, 2.05) is 6.07 Å². The number of rotatable bonds is 7. The van der Waals surface area contributed by atoms with Crippen LogP contribution in [0.2, 0.25) is 0 Å². The van der Waals surface area contributed by atoms with Gasteiger partial charge < -0.3 is 4.90 Å². The standard InChI is InChI=1S/C36H31N/c1-28-17-23-33(24-18-28)37(34-25-19-29(2)20-26-34)36(27-31-13-7-4-8-14-31)35-16-10-9-15-32(35)22-21-30-11-5-3-6-12-30/h3-27H,1-2H3. The molecule has 0 N–H and O–H groups in total. The van der Waals surface area contributed by atoms with E-state index in [1.165, 1.54) is 22.3 Å². The summed E-state index contributed by atoms with van der Waals surface area (Å²) in [5.74, 6) is 0. The third-order valence-electron chi connectivity index (χ3n) is 6.42. The molecule has 1 heteroatoms. The van der Waals surface area contributed by atoms with Crippen LogP contribution in [0.1, 0.15) is 33.4 Å². The quantitative estimate of drug-likeness (QED) is 0.211. The van der Waals surface area contributed by atoms with E-state index in [4.69, 9.17) is 0 Å². The fraction of sp³-hybridized carbons (Fsp3) is 0.0556. The van der Waals surface area contributed by atoms with Crippen LogP contribution in [-0.2, 0) is 0 Å². The highest BCUT2D eigenvalue weighted by Crippen LogP contribution is 2.37. The van der Waals surface area contributed by atoms with Crippen molar-refractivity contribution in [2.45, 2.75) is 13.8 Å². The average Bonchev–Trinajstić information content (AvgIpc) is 2.95. The van der Waals surface area contributed by atoms with Gasteiger partial charge in [-0.25, -0.2) is 0 Å². The molecule has 0 spiro atoms. The molecule has 0 unspecified atom stereocenters. The normalized spacial score (nSPS) is 11.6. The Labute approximate surface area is 220 Å². The maximum atomic E-state index is 2.36. The van der Waals surface area contributed by atoms with E-state index < -0.39 is 0 Å². The zero-order valence-electron chi connectivity index (χ0n) is 21.4. The fourth-order valence-electron chi connectivity index (χ4n) is 4.41. The molecular weight excluding hydrogens is 446 g/mol. The Morgan fingerprint density at radius 3 is 1.54 bits per heavy atom. The van der Waals surface area contributed by atoms with Gasteiger partial charge >= 0.3 is 0 Å². The van der Waals surface area contributed by atoms with E-state index in [9.17, 15) is 0 Å². The zero-order chi connectivity index (χ0) is 25.5. The number of nitrogens with zero attached hydrogens (tertiary/aromatic N) is 1. The van der Waals surface area contributed by atoms with E-state index >= 15 is 0 Å². The second-order valence-electron chi connectivity index (χ2n) is 9.28. The molecule has 0 saturated carbocycles. The molecule has 0 radical (unpaired) electrons. The van der Waals surface area contributed by atoms with E-state index in [0.29, 0.717) is 0 Å². The van der Waals surface area contributed by atoms with Crippen LogP contribution >= 0.6 is 0 Å². The van der Waals surface area contributed by atoms with Crippen LogP contribution in [0.4, 0.5) is 11.4 Å². The van der Waals surface area contributed by atoms with Crippen molar-refractivity contribution in [3.05, 3.63) is 167 Å². The van der Waals surface area contributed by atoms with E-state index in [-0.39, 0.29) is 0 Å². The third kappa shape index (κ3) is 5.97. The number of hydrogen-bond donors (Lipinski definition) is 0. The first-order valence-corrected chi connectivity index (χ1v) is 12.7. The Morgan fingerprint density at radius 1 is 0.486 bits per heavy atom. The molecule has 0 atom stereocenters. The van der Waals surface area contributed by atoms with Crippen LogP contribution in [0.15, 0.2) is 133 Å². The zero-order valence-corrected chi connectivity index (χ0v) is 21.4. The van der Waals surface area contributed by atoms with Gasteiger partial charge in [0.1, 0.15) is 0 Å². The van der Waals surface area contributed by atoms with Gasteiger partial charge in [-0.15, -0.1) is 0 Å². The van der Waals surface area contributed by atoms with Gasteiger partial charge in [-0.05, 0) is 60.9 Å². The summed E-state index contributed by atoms with van der Waals surface area (Å²) in [4.78, 5) is 2.36. The van der Waals surface area contributed by atoms with Crippen LogP contribution in [0.5, 0.6) is 0 Å². The Hall–Kier alpha value is -4.62. The van der Waals surface area contributed by atoms with Crippen LogP contribution in [0.25, 0.3) is 23.9 Å². The van der Waals surface area contributed by atoms with Crippen LogP contribution < -0.4 is 4.90 Å². The van der Waals surface area contributed by atoms with E-state index in [1.54, 1.807) is 0 Å². The van der Waals surface area contributed by atoms with Gasteiger partial charge in [0.15, 0.2) is 0 Å². The monoisotopic (exact) mass is 477 g/mol. The molecule has 0 heterocycles. The molecule has 0 aliphatic rings. The molecule has 5 aromatic rings. The Balaban J connectivity index is 1.72. The first-order valence-electron chi connectivity index (χ1n) is 12.7. The summed E-state index contributed by atoms with van der Waals surface area (Å²) < 4.78 is 0. The number of hydrogen-bond acceptors (Lipinski definition) is 1. The minimum atomic E-state index is 1.12. The van der Waals surface area contributed by atoms with Crippen molar-refractivity contribution >= 4 is 35.3 Å². The molecule has 1 nitrogen and oxygen atoms in total. The molecule has 5 rings (SSSR count). The summed E-state index contributed by atoms with van der Waals surface area (Å²) in [6.45, 7) is 4.26. The first-order chi connectivity index (χ1) is 18.2. The molecule has 0 aromatic heterocycles. The van der Waals surface area contributed by atoms with Crippen molar-refractivity contribution in [3.63, 3.8) is 0 Å². The second kappa shape index (κ2) is 11.4. The van der Waals surface area contributed by atoms with Crippen molar-refractivity contribution < 1.29 is 0 Å². The predicted molar refractivity (Wildman–Crippen MR) is 161 cm³/mol. The smallest absolute Gasteiger partial charge is 0.0545 e. The predicted octanol–water partition coefficient (Wildman–Crippen LogP) is 9.81. The van der Waals surface area contributed by atoms with Gasteiger partial charge in [-0.1, -0.05) is 132 Å². The molecule has 0 aliphatic carbocycles. The molecule has 0 aliphatic heterocycles. The SMILES string of the molecule is Cc1ccc(N(C(=Cc2ccccc2)c2ccccc2C=Cc2ccccc2)c2ccc(C)cc2)cc1. The Bertz CT molecular complexity index is 1450. The lowest BCUT2D eigenvalue weighted by atomic mass is 9.99. The molecule has 37 heavy (non-hydrogen) atoms. The van der Waals surface area contributed by atoms with Crippen LogP contribution in [-0.4, -0.2) is 0 Å². The first kappa shape index (κ1) is 24.1. The highest BCUT2D eigenvalue weighted by atomic mass is 15.1. The molecule has 5 aromatic carbocycles. The maximum Gasteiger partial charge on any atom is 0.0545 e. The fourth-order valence-corrected chi connectivity index (χ4v) is 4.41. The van der Waals surface area contributed by atoms with Crippen molar-refractivity contribution in [2.75, 3.05) is 4.90 Å². The van der Waals surface area contributed by atoms with Gasteiger partial charge in [0.2, 0.25) is 0 Å². The molecule has 0 bridgehead atoms. The number of aryl methyl sites for hydroxylation is 2. The maximum absolute atomic E-state index is 2.36. The lowest BCUT2D eigenvalue weighted by molar-refractivity contribution is 1.28. The van der Waals surface area contributed by atoms with Gasteiger partial charge in [0, 0.05) is 16.9 Å². The van der Waals surface area contributed by atoms with Crippen molar-refractivity contribution in [1.29, 1.82) is 0 Å². The summed E-state index contributed by atoms with van der Waals surface area (Å²) in [6, 6.07) is 47.2. The Morgan fingerprint density at radius 2 is 0.973 bits per heavy atom. The second-order valence-corrected chi connectivity index (χ2v) is 9.28. The van der Waals surface area contributed by atoms with Gasteiger partial charge in [-0.2, -0.15) is 0 Å². The largest absolute Gasteiger partial charge is 0.310 e. The highest BCUT2D eigenvalue weighted by molar-refractivity contribution is 5.98. The highest BCUT2D eigenvalue weighted by Gasteiger charge is 2.19. The van der Waals surface area contributed by atoms with Crippen molar-refractivity contribution in [2.24, 2.45) is 0 Å². The third-order valence-corrected chi connectivity index (χ3v) is 6.42. The summed E-state index contributed by atoms with van der Waals surface area (Å²) in [5.41, 5.74) is 10.5. The Kier molecular flexibility index (Phi) is 7.43. The summed E-state index contributed by atoms with van der Waals surface area (Å²) in [5, 5.41) is 0. The summed E-state index contributed by atoms with van der Waals surface area (Å²) in [7, 11) is 0. The summed E-state index contributed by atoms with van der Waals surface area (Å²) >= 11 is 0.